The molecule has 0 spiro atoms. The molecule has 1 saturated heterocycles. The Balaban J connectivity index is 1.57. The maximum Gasteiger partial charge on any atom is 0.348 e. The molecule has 2 aromatic carbocycles. The molecule has 15 heteroatoms. The van der Waals surface area contributed by atoms with Gasteiger partial charge in [-0.25, -0.2) is 0 Å². The van der Waals surface area contributed by atoms with Crippen LogP contribution in [0.1, 0.15) is 39.4 Å². The molecule has 2 aliphatic heterocycles. The van der Waals surface area contributed by atoms with Crippen molar-refractivity contribution in [2.24, 2.45) is 0 Å². The van der Waals surface area contributed by atoms with Gasteiger partial charge in [0, 0.05) is 28.6 Å². The van der Waals surface area contributed by atoms with Crippen LogP contribution in [0.15, 0.2) is 42.5 Å². The Kier molecular flexibility index (Phi) is 6.63. The maximum absolute atomic E-state index is 14.8. The van der Waals surface area contributed by atoms with Crippen LogP contribution in [-0.2, 0) is 26.9 Å². The summed E-state index contributed by atoms with van der Waals surface area (Å²) >= 11 is 5.72. The van der Waals surface area contributed by atoms with Crippen molar-refractivity contribution in [2.75, 3.05) is 0 Å². The third-order valence-corrected chi connectivity index (χ3v) is 6.62. The number of carbonyl (C=O) groups excluding carboxylic acids is 4. The lowest BCUT2D eigenvalue weighted by molar-refractivity contribution is -0.154. The van der Waals surface area contributed by atoms with E-state index in [2.05, 4.69) is 0 Å². The number of alkyl halides is 2. The van der Waals surface area contributed by atoms with Crippen LogP contribution < -0.4 is 5.32 Å². The molecule has 10 radical (unpaired) electrons. The third-order valence-electron chi connectivity index (χ3n) is 6.37. The van der Waals surface area contributed by atoms with Crippen molar-refractivity contribution in [2.45, 2.75) is 35.5 Å². The predicted molar refractivity (Wildman–Crippen MR) is 133 cm³/mol. The number of nitrogens with one attached hydrogen (secondary N) is 1. The minimum absolute atomic E-state index is 0.123. The Morgan fingerprint density at radius 3 is 2.32 bits per heavy atom. The van der Waals surface area contributed by atoms with E-state index in [1.807, 2.05) is 5.32 Å². The summed E-state index contributed by atoms with van der Waals surface area (Å²) in [5.41, 5.74) is -2.11. The van der Waals surface area contributed by atoms with E-state index in [0.29, 0.717) is 5.56 Å². The minimum Gasteiger partial charge on any atom is -0.393 e. The molecule has 1 N–H and O–H groups in total. The maximum atomic E-state index is 14.8. The van der Waals surface area contributed by atoms with Gasteiger partial charge in [-0.15, -0.1) is 0 Å². The molecule has 1 unspecified atom stereocenters. The average molecular weight is 511 g/mol. The lowest BCUT2D eigenvalue weighted by atomic mass is 9.45. The molecule has 2 aliphatic rings. The Morgan fingerprint density at radius 1 is 1.08 bits per heavy atom. The van der Waals surface area contributed by atoms with E-state index in [4.69, 9.17) is 51.0 Å². The number of hydrogen-bond acceptors (Lipinski definition) is 4. The first kappa shape index (κ1) is 27.0. The zero-order valence-corrected chi connectivity index (χ0v) is 19.8. The van der Waals surface area contributed by atoms with Gasteiger partial charge in [-0.1, -0.05) is 35.9 Å². The molecule has 176 valence electrons. The Morgan fingerprint density at radius 2 is 1.70 bits per heavy atom. The van der Waals surface area contributed by atoms with Gasteiger partial charge in [0.2, 0.25) is 19.8 Å². The Bertz CT molecular complexity index is 1330. The fourth-order valence-electron chi connectivity index (χ4n) is 4.23. The molecule has 0 saturated carbocycles. The SMILES string of the molecule is [B]C(c1ccc2c(c1)CN([C@@]1([B])CC([B])([B])C(=O)NC1=O)C2=O)N([B])C(=O)C(F)(F)c1ccc(Cl)cc1. The highest BCUT2D eigenvalue weighted by molar-refractivity contribution is 6.53. The molecule has 1 fully saturated rings. The second-order valence-electron chi connectivity index (χ2n) is 8.97. The lowest BCUT2D eigenvalue weighted by Gasteiger charge is -2.46. The van der Waals surface area contributed by atoms with Gasteiger partial charge in [0.15, 0.2) is 0 Å². The summed E-state index contributed by atoms with van der Waals surface area (Å²) in [5, 5.41) is 0.157. The number of amides is 4. The summed E-state index contributed by atoms with van der Waals surface area (Å²) in [7, 11) is 29.4. The van der Waals surface area contributed by atoms with E-state index in [-0.39, 0.29) is 27.5 Å². The van der Waals surface area contributed by atoms with E-state index in [1.165, 1.54) is 30.3 Å². The first-order valence-corrected chi connectivity index (χ1v) is 11.1. The molecular formula is C22H13B5ClF2N3O4. The van der Waals surface area contributed by atoms with Crippen LogP contribution in [0.2, 0.25) is 10.2 Å². The highest BCUT2D eigenvalue weighted by Crippen LogP contribution is 2.40. The van der Waals surface area contributed by atoms with Crippen molar-refractivity contribution < 1.29 is 28.0 Å². The van der Waals surface area contributed by atoms with Gasteiger partial charge in [0.05, 0.1) is 21.1 Å². The molecule has 2 atom stereocenters. The minimum atomic E-state index is -4.00. The van der Waals surface area contributed by atoms with E-state index >= 15 is 0 Å². The summed E-state index contributed by atoms with van der Waals surface area (Å²) in [6.07, 6.45) is -0.554. The van der Waals surface area contributed by atoms with Gasteiger partial charge in [-0.3, -0.25) is 24.5 Å². The van der Waals surface area contributed by atoms with E-state index in [1.54, 1.807) is 0 Å². The number of nitrogens with zero attached hydrogens (tertiary/aromatic N) is 2. The molecule has 2 heterocycles. The van der Waals surface area contributed by atoms with Crippen molar-refractivity contribution in [1.82, 2.24) is 15.0 Å². The highest BCUT2D eigenvalue weighted by atomic mass is 35.5. The Hall–Kier alpha value is -3.01. The van der Waals surface area contributed by atoms with Gasteiger partial charge < -0.3 is 9.71 Å². The largest absolute Gasteiger partial charge is 0.393 e. The monoisotopic (exact) mass is 511 g/mol. The van der Waals surface area contributed by atoms with Crippen molar-refractivity contribution >= 4 is 74.6 Å². The normalized spacial score (nSPS) is 21.8. The number of carbonyl (C=O) groups is 4. The van der Waals surface area contributed by atoms with Crippen molar-refractivity contribution in [1.29, 1.82) is 0 Å². The van der Waals surface area contributed by atoms with Crippen LogP contribution in [0.5, 0.6) is 0 Å². The second kappa shape index (κ2) is 9.08. The molecule has 0 bridgehead atoms. The van der Waals surface area contributed by atoms with Gasteiger partial charge in [0.25, 0.3) is 11.8 Å². The number of imide groups is 1. The van der Waals surface area contributed by atoms with E-state index < -0.39 is 58.1 Å². The fraction of sp³-hybridized carbons (Fsp3) is 0.273. The second-order valence-corrected chi connectivity index (χ2v) is 9.41. The lowest BCUT2D eigenvalue weighted by Crippen LogP contribution is -2.67. The van der Waals surface area contributed by atoms with Gasteiger partial charge >= 0.3 is 5.92 Å². The molecule has 4 rings (SSSR count). The molecule has 2 aromatic rings. The molecule has 37 heavy (non-hydrogen) atoms. The smallest absolute Gasteiger partial charge is 0.348 e. The van der Waals surface area contributed by atoms with Crippen molar-refractivity contribution in [3.05, 3.63) is 69.7 Å². The van der Waals surface area contributed by atoms with Crippen LogP contribution >= 0.6 is 11.6 Å². The predicted octanol–water partition coefficient (Wildman–Crippen LogP) is 0.532. The van der Waals surface area contributed by atoms with Gasteiger partial charge in [0.1, 0.15) is 15.7 Å². The van der Waals surface area contributed by atoms with Gasteiger partial charge in [-0.2, -0.15) is 8.78 Å². The first-order chi connectivity index (χ1) is 17.1. The molecule has 7 nitrogen and oxygen atoms in total. The standard InChI is InChI=1S/C22H13B5ClF2N3O4/c23-15(33(27)19(37)22(29,30)12-2-4-13(28)5-3-12)10-1-6-14-11(7-10)8-32(16(14)34)21(26)9-20(24,25)17(35)31-18(21)36/h1-7,15H,8-9H2,(H,31,35,36)/t15?,21-/m0/s1. The molecule has 4 amide bonds. The first-order valence-electron chi connectivity index (χ1n) is 10.7. The summed E-state index contributed by atoms with van der Waals surface area (Å²) in [4.78, 5) is 51.2. The number of benzene rings is 2. The number of piperidine rings is 1. The van der Waals surface area contributed by atoms with Gasteiger partial charge in [-0.05, 0) is 41.0 Å². The molecule has 0 aromatic heterocycles. The average Bonchev–Trinajstić information content (AvgIpc) is 3.18. The van der Waals surface area contributed by atoms with Crippen molar-refractivity contribution in [3.8, 4) is 0 Å². The van der Waals surface area contributed by atoms with Crippen LogP contribution in [-0.4, -0.2) is 78.1 Å². The number of rotatable bonds is 5. The quantitative estimate of drug-likeness (QED) is 0.470. The van der Waals surface area contributed by atoms with Crippen molar-refractivity contribution in [3.63, 3.8) is 0 Å². The third kappa shape index (κ3) is 4.49. The number of hydrogen-bond donors (Lipinski definition) is 1. The van der Waals surface area contributed by atoms with Crippen LogP contribution in [0.25, 0.3) is 0 Å². The summed E-state index contributed by atoms with van der Waals surface area (Å²) < 4.78 is 29.6. The molecular weight excluding hydrogens is 498 g/mol. The number of halogens is 3. The summed E-state index contributed by atoms with van der Waals surface area (Å²) in [6.45, 7) is -0.220. The Labute approximate surface area is 222 Å². The highest BCUT2D eigenvalue weighted by Gasteiger charge is 2.53. The zero-order chi connectivity index (χ0) is 27.5. The van der Waals surface area contributed by atoms with Crippen LogP contribution in [0.3, 0.4) is 0 Å². The van der Waals surface area contributed by atoms with Crippen LogP contribution in [0, 0.1) is 0 Å². The zero-order valence-electron chi connectivity index (χ0n) is 19.1. The fourth-order valence-corrected chi connectivity index (χ4v) is 4.36. The topological polar surface area (TPSA) is 86.8 Å². The van der Waals surface area contributed by atoms with Crippen LogP contribution in [0.4, 0.5) is 8.78 Å². The molecule has 0 aliphatic carbocycles. The summed E-state index contributed by atoms with van der Waals surface area (Å²) in [6, 6.07) is 8.41. The summed E-state index contributed by atoms with van der Waals surface area (Å²) in [5.74, 6) is -9.87. The van der Waals surface area contributed by atoms with E-state index in [0.717, 1.165) is 17.0 Å². The number of fused-ring (bicyclic) bond motifs is 1. The van der Waals surface area contributed by atoms with E-state index in [9.17, 15) is 28.0 Å².